The quantitative estimate of drug-likeness (QED) is 0.0173. The molecule has 11 atom stereocenters. The number of hydrogen-bond donors (Lipinski definition) is 7. The van der Waals surface area contributed by atoms with E-state index in [2.05, 4.69) is 123 Å². The maximum atomic E-state index is 13.0. The van der Waals surface area contributed by atoms with Gasteiger partial charge in [-0.25, -0.2) is 0 Å². The average Bonchev–Trinajstić information content (AvgIpc) is 3.39. The van der Waals surface area contributed by atoms with Gasteiger partial charge in [-0.3, -0.25) is 4.79 Å². The fourth-order valence-corrected chi connectivity index (χ4v) is 7.89. The molecule has 0 amide bonds. The van der Waals surface area contributed by atoms with Gasteiger partial charge in [0.1, 0.15) is 54.9 Å². The molecular weight excluding hydrogens is 933 g/mol. The first-order valence-electron chi connectivity index (χ1n) is 27.5. The minimum atomic E-state index is -1.72. The van der Waals surface area contributed by atoms with Crippen LogP contribution in [-0.2, 0) is 33.2 Å². The highest BCUT2D eigenvalue weighted by molar-refractivity contribution is 5.69. The summed E-state index contributed by atoms with van der Waals surface area (Å²) in [5.74, 6) is -0.424. The molecule has 73 heavy (non-hydrogen) atoms. The molecule has 7 N–H and O–H groups in total. The first kappa shape index (κ1) is 65.8. The highest BCUT2D eigenvalue weighted by Crippen LogP contribution is 2.26. The zero-order chi connectivity index (χ0) is 53.0. The van der Waals surface area contributed by atoms with Gasteiger partial charge in [0.25, 0.3) is 0 Å². The second-order valence-corrected chi connectivity index (χ2v) is 18.6. The van der Waals surface area contributed by atoms with Gasteiger partial charge in [0.15, 0.2) is 12.6 Å². The molecule has 416 valence electrons. The predicted octanol–water partition coefficient (Wildman–Crippen LogP) is 9.18. The summed E-state index contributed by atoms with van der Waals surface area (Å²) in [6.45, 7) is 3.35. The van der Waals surface area contributed by atoms with Gasteiger partial charge in [-0.15, -0.1) is 0 Å². The third kappa shape index (κ3) is 32.0. The number of unbranched alkanes of at least 4 members (excludes halogenated alkanes) is 10. The van der Waals surface area contributed by atoms with Gasteiger partial charge in [-0.05, 0) is 96.3 Å². The van der Waals surface area contributed by atoms with Crippen molar-refractivity contribution in [2.24, 2.45) is 0 Å². The van der Waals surface area contributed by atoms with E-state index < -0.39 is 86.7 Å². The third-order valence-corrected chi connectivity index (χ3v) is 12.3. The normalized spacial score (nSPS) is 25.8. The third-order valence-electron chi connectivity index (χ3n) is 12.3. The Kier molecular flexibility index (Phi) is 40.4. The second kappa shape index (κ2) is 44.9. The van der Waals surface area contributed by atoms with Crippen LogP contribution in [0, 0.1) is 0 Å². The minimum Gasteiger partial charge on any atom is -0.457 e. The molecule has 14 heteroatoms. The van der Waals surface area contributed by atoms with Gasteiger partial charge < -0.3 is 64.2 Å². The standard InChI is InChI=1S/C59H96O14/c1-3-5-7-9-11-13-15-17-19-20-21-22-23-24-25-26-27-29-31-33-35-37-39-41-43-68-45-48(71-51(61)42-40-38-36-34-32-30-28-18-16-14-12-10-8-6-4-2)46-69-58-57(67)55(65)53(63)50(73-58)47-70-59-56(66)54(64)52(62)49(44-60)72-59/h5-8,11-14,17-19,21-22,24-25,28,32,34,48-50,52-60,62-67H,3-4,9-10,15-16,20,23,26-27,29-31,33,35-47H2,1-2H3/b7-5-,8-6-,13-11-,14-12-,19-17-,22-21-,25-24-,28-18-,34-32-. The summed E-state index contributed by atoms with van der Waals surface area (Å²) in [5, 5.41) is 72.2. The number of aliphatic hydroxyl groups is 7. The minimum absolute atomic E-state index is 0.0310. The topological polar surface area (TPSA) is 214 Å². The molecule has 0 aliphatic carbocycles. The molecule has 0 radical (unpaired) electrons. The Labute approximate surface area is 438 Å². The molecular formula is C59H96O14. The molecule has 2 saturated heterocycles. The number of carbonyl (C=O) groups excluding carboxylic acids is 1. The number of carbonyl (C=O) groups is 1. The van der Waals surface area contributed by atoms with E-state index in [0.29, 0.717) is 13.0 Å². The zero-order valence-corrected chi connectivity index (χ0v) is 44.3. The molecule has 0 aromatic rings. The van der Waals surface area contributed by atoms with Crippen molar-refractivity contribution in [3.05, 3.63) is 109 Å². The molecule has 0 saturated carbocycles. The summed E-state index contributed by atoms with van der Waals surface area (Å²) in [6, 6.07) is 0. The number of hydrogen-bond acceptors (Lipinski definition) is 14. The monoisotopic (exact) mass is 1030 g/mol. The molecule has 0 bridgehead atoms. The first-order valence-corrected chi connectivity index (χ1v) is 27.5. The Morgan fingerprint density at radius 3 is 1.33 bits per heavy atom. The number of allylic oxidation sites excluding steroid dienone is 18. The lowest BCUT2D eigenvalue weighted by Gasteiger charge is -2.42. The summed E-state index contributed by atoms with van der Waals surface area (Å²) in [7, 11) is 0. The van der Waals surface area contributed by atoms with Crippen molar-refractivity contribution >= 4 is 5.97 Å². The van der Waals surface area contributed by atoms with Crippen molar-refractivity contribution in [3.63, 3.8) is 0 Å². The molecule has 14 nitrogen and oxygen atoms in total. The number of ether oxygens (including phenoxy) is 6. The van der Waals surface area contributed by atoms with Crippen LogP contribution in [0.2, 0.25) is 0 Å². The highest BCUT2D eigenvalue weighted by atomic mass is 16.7. The Hall–Kier alpha value is -3.35. The van der Waals surface area contributed by atoms with Crippen molar-refractivity contribution in [2.45, 2.75) is 223 Å². The van der Waals surface area contributed by atoms with Crippen LogP contribution in [0.4, 0.5) is 0 Å². The average molecular weight is 1030 g/mol. The van der Waals surface area contributed by atoms with Gasteiger partial charge >= 0.3 is 5.97 Å². The lowest BCUT2D eigenvalue weighted by Crippen LogP contribution is -2.61. The Bertz CT molecular complexity index is 1620. The van der Waals surface area contributed by atoms with Gasteiger partial charge in [-0.1, -0.05) is 162 Å². The van der Waals surface area contributed by atoms with Crippen LogP contribution >= 0.6 is 0 Å². The van der Waals surface area contributed by atoms with E-state index in [1.54, 1.807) is 0 Å². The summed E-state index contributed by atoms with van der Waals surface area (Å²) < 4.78 is 34.3. The van der Waals surface area contributed by atoms with E-state index in [1.165, 1.54) is 25.7 Å². The van der Waals surface area contributed by atoms with Crippen molar-refractivity contribution in [3.8, 4) is 0 Å². The molecule has 11 unspecified atom stereocenters. The van der Waals surface area contributed by atoms with Crippen molar-refractivity contribution in [1.29, 1.82) is 0 Å². The first-order chi connectivity index (χ1) is 35.6. The van der Waals surface area contributed by atoms with Crippen molar-refractivity contribution in [1.82, 2.24) is 0 Å². The highest BCUT2D eigenvalue weighted by Gasteiger charge is 2.47. The molecule has 2 aliphatic rings. The van der Waals surface area contributed by atoms with Crippen LogP contribution < -0.4 is 0 Å². The van der Waals surface area contributed by atoms with Crippen molar-refractivity contribution in [2.75, 3.05) is 33.0 Å². The number of aliphatic hydroxyl groups excluding tert-OH is 7. The van der Waals surface area contributed by atoms with Gasteiger partial charge in [0.05, 0.1) is 26.4 Å². The van der Waals surface area contributed by atoms with Crippen LogP contribution in [0.3, 0.4) is 0 Å². The smallest absolute Gasteiger partial charge is 0.306 e. The van der Waals surface area contributed by atoms with E-state index >= 15 is 0 Å². The number of esters is 1. The van der Waals surface area contributed by atoms with Gasteiger partial charge in [0.2, 0.25) is 0 Å². The lowest BCUT2D eigenvalue weighted by atomic mass is 9.98. The van der Waals surface area contributed by atoms with Gasteiger partial charge in [-0.2, -0.15) is 0 Å². The van der Waals surface area contributed by atoms with E-state index in [1.807, 2.05) is 0 Å². The molecule has 2 aliphatic heterocycles. The molecule has 0 spiro atoms. The zero-order valence-electron chi connectivity index (χ0n) is 44.3. The summed E-state index contributed by atoms with van der Waals surface area (Å²) in [5.41, 5.74) is 0. The fraction of sp³-hybridized carbons (Fsp3) is 0.678. The molecule has 2 heterocycles. The van der Waals surface area contributed by atoms with Crippen LogP contribution in [0.25, 0.3) is 0 Å². The summed E-state index contributed by atoms with van der Waals surface area (Å²) in [6.07, 6.45) is 44.4. The maximum absolute atomic E-state index is 13.0. The van der Waals surface area contributed by atoms with Gasteiger partial charge in [0, 0.05) is 13.0 Å². The van der Waals surface area contributed by atoms with E-state index in [4.69, 9.17) is 28.4 Å². The molecule has 0 aromatic heterocycles. The van der Waals surface area contributed by atoms with Crippen LogP contribution in [-0.4, -0.2) is 142 Å². The van der Waals surface area contributed by atoms with E-state index in [-0.39, 0.29) is 19.6 Å². The Morgan fingerprint density at radius 2 is 0.849 bits per heavy atom. The second-order valence-electron chi connectivity index (χ2n) is 18.6. The summed E-state index contributed by atoms with van der Waals surface area (Å²) in [4.78, 5) is 13.0. The molecule has 2 rings (SSSR count). The van der Waals surface area contributed by atoms with E-state index in [9.17, 15) is 40.5 Å². The summed E-state index contributed by atoms with van der Waals surface area (Å²) >= 11 is 0. The van der Waals surface area contributed by atoms with Crippen LogP contribution in [0.5, 0.6) is 0 Å². The Balaban J connectivity index is 1.74. The number of rotatable bonds is 42. The molecule has 0 aromatic carbocycles. The van der Waals surface area contributed by atoms with Crippen molar-refractivity contribution < 1.29 is 69.0 Å². The lowest BCUT2D eigenvalue weighted by molar-refractivity contribution is -0.332. The fourth-order valence-electron chi connectivity index (χ4n) is 7.89. The predicted molar refractivity (Wildman–Crippen MR) is 288 cm³/mol. The van der Waals surface area contributed by atoms with E-state index in [0.717, 1.165) is 103 Å². The molecule has 2 fully saturated rings. The van der Waals surface area contributed by atoms with Crippen LogP contribution in [0.15, 0.2) is 109 Å². The Morgan fingerprint density at radius 1 is 0.452 bits per heavy atom. The SMILES string of the molecule is CC/C=C\C/C=C\C/C=C\C/C=C\C/C=C\CCCCCCCCCCOCC(COC1OC(COC2OC(CO)C(O)C(O)C2O)C(O)C(O)C1O)OC(=O)CCCC/C=C\C/C=C\C/C=C\C/C=C\CC. The van der Waals surface area contributed by atoms with Crippen LogP contribution in [0.1, 0.15) is 155 Å². The maximum Gasteiger partial charge on any atom is 0.306 e. The largest absolute Gasteiger partial charge is 0.457 e.